The molecule has 0 unspecified atom stereocenters. The largest absolute Gasteiger partial charge is 0.338 e. The van der Waals surface area contributed by atoms with Crippen LogP contribution in [0.1, 0.15) is 26.2 Å². The van der Waals surface area contributed by atoms with Gasteiger partial charge < -0.3 is 10.6 Å². The third kappa shape index (κ3) is 7.67. The van der Waals surface area contributed by atoms with E-state index in [1.54, 1.807) is 0 Å². The van der Waals surface area contributed by atoms with Crippen molar-refractivity contribution in [2.45, 2.75) is 26.2 Å². The predicted octanol–water partition coefficient (Wildman–Crippen LogP) is 0.575. The van der Waals surface area contributed by atoms with E-state index < -0.39 is 6.03 Å². The Morgan fingerprint density at radius 2 is 1.90 bits per heavy atom. The molecule has 3 N–H and O–H groups in total. The van der Waals surface area contributed by atoms with Crippen LogP contribution in [0.4, 0.5) is 4.79 Å². The van der Waals surface area contributed by atoms with Gasteiger partial charge in [0.15, 0.2) is 0 Å². The highest BCUT2D eigenvalue weighted by Gasteiger charge is 2.20. The zero-order chi connectivity index (χ0) is 14.1. The van der Waals surface area contributed by atoms with E-state index in [1.807, 2.05) is 14.0 Å². The van der Waals surface area contributed by atoms with Crippen LogP contribution in [0.25, 0.3) is 0 Å². The molecule has 0 spiro atoms. The fourth-order valence-corrected chi connectivity index (χ4v) is 2.36. The summed E-state index contributed by atoms with van der Waals surface area (Å²) in [5.41, 5.74) is 0. The number of likely N-dealkylation sites (tertiary alicyclic amines) is 1. The molecule has 0 aromatic carbocycles. The van der Waals surface area contributed by atoms with E-state index >= 15 is 0 Å². The van der Waals surface area contributed by atoms with E-state index in [1.165, 1.54) is 6.42 Å². The summed E-state index contributed by atoms with van der Waals surface area (Å²) in [5, 5.41) is 8.05. The summed E-state index contributed by atoms with van der Waals surface area (Å²) in [6.07, 6.45) is 3.47. The van der Waals surface area contributed by atoms with Crippen molar-refractivity contribution in [3.05, 3.63) is 0 Å². The van der Waals surface area contributed by atoms with Gasteiger partial charge in [-0.2, -0.15) is 0 Å². The van der Waals surface area contributed by atoms with Crippen molar-refractivity contribution in [3.8, 4) is 0 Å². The number of hydrogen-bond donors (Lipinski definition) is 3. The maximum Gasteiger partial charge on any atom is 0.321 e. The van der Waals surface area contributed by atoms with Crippen molar-refractivity contribution in [3.63, 3.8) is 0 Å². The summed E-state index contributed by atoms with van der Waals surface area (Å²) in [7, 11) is 1.97. The molecule has 7 heteroatoms. The van der Waals surface area contributed by atoms with Gasteiger partial charge in [0.05, 0.1) is 6.54 Å². The lowest BCUT2D eigenvalue weighted by molar-refractivity contribution is -0.121. The molecule has 1 aliphatic heterocycles. The van der Waals surface area contributed by atoms with Crippen LogP contribution in [0, 0.1) is 5.92 Å². The first-order valence-corrected chi connectivity index (χ1v) is 7.10. The third-order valence-corrected chi connectivity index (χ3v) is 3.47. The Balaban J connectivity index is 0.00000361. The van der Waals surface area contributed by atoms with Crippen molar-refractivity contribution in [2.24, 2.45) is 5.92 Å². The van der Waals surface area contributed by atoms with Gasteiger partial charge in [0.2, 0.25) is 5.91 Å². The van der Waals surface area contributed by atoms with Crippen LogP contribution < -0.4 is 16.0 Å². The number of carbonyl (C=O) groups excluding carboxylic acids is 2. The SMILES string of the molecule is CCNC(=O)NC(=O)CN1CCC(CCNC)CC1.Cl. The second-order valence-corrected chi connectivity index (χ2v) is 5.02. The van der Waals surface area contributed by atoms with Crippen LogP contribution in [-0.2, 0) is 4.79 Å². The van der Waals surface area contributed by atoms with Gasteiger partial charge in [-0.05, 0) is 58.8 Å². The summed E-state index contributed by atoms with van der Waals surface area (Å²) in [6, 6.07) is -0.406. The van der Waals surface area contributed by atoms with Gasteiger partial charge in [0.1, 0.15) is 0 Å². The van der Waals surface area contributed by atoms with Gasteiger partial charge in [-0.1, -0.05) is 0 Å². The number of imide groups is 1. The molecule has 1 heterocycles. The standard InChI is InChI=1S/C13H26N4O2.ClH/c1-3-15-13(19)16-12(18)10-17-8-5-11(6-9-17)4-7-14-2;/h11,14H,3-10H2,1-2H3,(H2,15,16,18,19);1H. The summed E-state index contributed by atoms with van der Waals surface area (Å²) in [6.45, 7) is 5.60. The van der Waals surface area contributed by atoms with Gasteiger partial charge in [-0.25, -0.2) is 4.79 Å². The predicted molar refractivity (Wildman–Crippen MR) is 82.2 cm³/mol. The molecule has 0 saturated carbocycles. The minimum Gasteiger partial charge on any atom is -0.338 e. The lowest BCUT2D eigenvalue weighted by Crippen LogP contribution is -2.46. The Bertz CT molecular complexity index is 294. The van der Waals surface area contributed by atoms with Crippen LogP contribution >= 0.6 is 12.4 Å². The second kappa shape index (κ2) is 10.9. The number of nitrogens with zero attached hydrogens (tertiary/aromatic N) is 1. The van der Waals surface area contributed by atoms with E-state index in [2.05, 4.69) is 20.9 Å². The molecule has 1 fully saturated rings. The fourth-order valence-electron chi connectivity index (χ4n) is 2.36. The van der Waals surface area contributed by atoms with Gasteiger partial charge in [0, 0.05) is 6.54 Å². The summed E-state index contributed by atoms with van der Waals surface area (Å²) >= 11 is 0. The van der Waals surface area contributed by atoms with Crippen molar-refractivity contribution in [1.82, 2.24) is 20.9 Å². The molecule has 20 heavy (non-hydrogen) atoms. The molecule has 1 saturated heterocycles. The van der Waals surface area contributed by atoms with Crippen LogP contribution in [0.15, 0.2) is 0 Å². The number of piperidine rings is 1. The first kappa shape index (κ1) is 19.1. The summed E-state index contributed by atoms with van der Waals surface area (Å²) < 4.78 is 0. The smallest absolute Gasteiger partial charge is 0.321 e. The normalized spacial score (nSPS) is 16.3. The molecule has 0 aliphatic carbocycles. The highest BCUT2D eigenvalue weighted by Crippen LogP contribution is 2.19. The molecule has 0 bridgehead atoms. The molecule has 3 amide bonds. The van der Waals surface area contributed by atoms with Gasteiger partial charge >= 0.3 is 6.03 Å². The number of halogens is 1. The average molecular weight is 307 g/mol. The number of amides is 3. The minimum absolute atomic E-state index is 0. The first-order valence-electron chi connectivity index (χ1n) is 7.10. The molecular formula is C13H27ClN4O2. The topological polar surface area (TPSA) is 73.5 Å². The van der Waals surface area contributed by atoms with Crippen molar-refractivity contribution in [1.29, 1.82) is 0 Å². The van der Waals surface area contributed by atoms with Gasteiger partial charge in [0.25, 0.3) is 0 Å². The maximum atomic E-state index is 11.6. The Hall–Kier alpha value is -0.850. The molecule has 0 radical (unpaired) electrons. The van der Waals surface area contributed by atoms with Crippen molar-refractivity contribution in [2.75, 3.05) is 39.8 Å². The molecule has 1 aliphatic rings. The lowest BCUT2D eigenvalue weighted by Gasteiger charge is -2.31. The van der Waals surface area contributed by atoms with Gasteiger partial charge in [-0.3, -0.25) is 15.0 Å². The molecule has 0 atom stereocenters. The highest BCUT2D eigenvalue weighted by molar-refractivity contribution is 5.95. The Morgan fingerprint density at radius 1 is 1.25 bits per heavy atom. The maximum absolute atomic E-state index is 11.6. The lowest BCUT2D eigenvalue weighted by atomic mass is 9.93. The fraction of sp³-hybridized carbons (Fsp3) is 0.846. The van der Waals surface area contributed by atoms with Crippen LogP contribution in [0.5, 0.6) is 0 Å². The van der Waals surface area contributed by atoms with E-state index in [4.69, 9.17) is 0 Å². The van der Waals surface area contributed by atoms with Gasteiger partial charge in [-0.15, -0.1) is 12.4 Å². The molecule has 118 valence electrons. The number of carbonyl (C=O) groups is 2. The monoisotopic (exact) mass is 306 g/mol. The van der Waals surface area contributed by atoms with E-state index in [0.29, 0.717) is 13.1 Å². The Morgan fingerprint density at radius 3 is 2.45 bits per heavy atom. The number of hydrogen-bond acceptors (Lipinski definition) is 4. The van der Waals surface area contributed by atoms with Crippen LogP contribution in [0.2, 0.25) is 0 Å². The summed E-state index contributed by atoms with van der Waals surface area (Å²) in [4.78, 5) is 24.9. The average Bonchev–Trinajstić information content (AvgIpc) is 2.38. The van der Waals surface area contributed by atoms with Crippen molar-refractivity contribution < 1.29 is 9.59 Å². The van der Waals surface area contributed by atoms with E-state index in [-0.39, 0.29) is 18.3 Å². The minimum atomic E-state index is -0.406. The first-order chi connectivity index (χ1) is 9.15. The van der Waals surface area contributed by atoms with Crippen LogP contribution in [0.3, 0.4) is 0 Å². The number of urea groups is 1. The third-order valence-electron chi connectivity index (χ3n) is 3.47. The molecule has 6 nitrogen and oxygen atoms in total. The zero-order valence-corrected chi connectivity index (χ0v) is 13.2. The summed E-state index contributed by atoms with van der Waals surface area (Å²) in [5.74, 6) is 0.537. The quantitative estimate of drug-likeness (QED) is 0.671. The molecular weight excluding hydrogens is 280 g/mol. The van der Waals surface area contributed by atoms with E-state index in [9.17, 15) is 9.59 Å². The number of nitrogens with one attached hydrogen (secondary N) is 3. The zero-order valence-electron chi connectivity index (χ0n) is 12.4. The van der Waals surface area contributed by atoms with Crippen LogP contribution in [-0.4, -0.2) is 56.6 Å². The molecule has 0 aromatic heterocycles. The second-order valence-electron chi connectivity index (χ2n) is 5.02. The molecule has 0 aromatic rings. The Labute approximate surface area is 127 Å². The molecule has 1 rings (SSSR count). The Kier molecular flexibility index (Phi) is 10.4. The number of rotatable bonds is 6. The van der Waals surface area contributed by atoms with Crippen molar-refractivity contribution >= 4 is 24.3 Å². The highest BCUT2D eigenvalue weighted by atomic mass is 35.5. The van der Waals surface area contributed by atoms with E-state index in [0.717, 1.165) is 38.4 Å².